The van der Waals surface area contributed by atoms with Crippen LogP contribution in [0.1, 0.15) is 27.8 Å². The molecule has 0 bridgehead atoms. The molecule has 31 heavy (non-hydrogen) atoms. The van der Waals surface area contributed by atoms with Crippen LogP contribution in [0, 0.1) is 10.1 Å². The van der Waals surface area contributed by atoms with E-state index >= 15 is 0 Å². The minimum atomic E-state index is -0.607. The van der Waals surface area contributed by atoms with E-state index in [-0.39, 0.29) is 46.9 Å². The Hall–Kier alpha value is -3.93. The number of hydrogen-bond donors (Lipinski definition) is 1. The standard InChI is InChI=1S/C18H17ClN6O6/c1-3-30-18(27)12-9-20-23(2)16(12)21-17(26)14-6-7-24(22-14)10-31-15-5-4-11(25(28)29)8-13(15)19/h4-9H,3,10H2,1-2H3,(H,21,26). The average molecular weight is 449 g/mol. The molecule has 1 aromatic carbocycles. The summed E-state index contributed by atoms with van der Waals surface area (Å²) >= 11 is 5.98. The van der Waals surface area contributed by atoms with Gasteiger partial charge in [0.05, 0.1) is 22.7 Å². The molecule has 3 rings (SSSR count). The number of aryl methyl sites for hydroxylation is 1. The van der Waals surface area contributed by atoms with E-state index in [1.165, 1.54) is 46.0 Å². The lowest BCUT2D eigenvalue weighted by Gasteiger charge is -2.08. The largest absolute Gasteiger partial charge is 0.470 e. The van der Waals surface area contributed by atoms with Gasteiger partial charge in [0.2, 0.25) is 0 Å². The van der Waals surface area contributed by atoms with E-state index in [1.807, 2.05) is 0 Å². The zero-order valence-electron chi connectivity index (χ0n) is 16.4. The van der Waals surface area contributed by atoms with E-state index in [1.54, 1.807) is 14.0 Å². The predicted molar refractivity (Wildman–Crippen MR) is 108 cm³/mol. The number of benzene rings is 1. The van der Waals surface area contributed by atoms with Crippen LogP contribution in [-0.2, 0) is 18.5 Å². The number of anilines is 1. The zero-order chi connectivity index (χ0) is 22.5. The smallest absolute Gasteiger partial charge is 0.343 e. The van der Waals surface area contributed by atoms with Gasteiger partial charge in [-0.15, -0.1) is 0 Å². The summed E-state index contributed by atoms with van der Waals surface area (Å²) < 4.78 is 13.1. The number of nitrogens with one attached hydrogen (secondary N) is 1. The Morgan fingerprint density at radius 2 is 2.10 bits per heavy atom. The summed E-state index contributed by atoms with van der Waals surface area (Å²) in [7, 11) is 1.57. The minimum absolute atomic E-state index is 0.0643. The number of amides is 1. The Kier molecular flexibility index (Phi) is 6.50. The van der Waals surface area contributed by atoms with Crippen molar-refractivity contribution < 1.29 is 24.0 Å². The monoisotopic (exact) mass is 448 g/mol. The van der Waals surface area contributed by atoms with E-state index in [0.717, 1.165) is 0 Å². The number of nitrogens with zero attached hydrogens (tertiary/aromatic N) is 5. The summed E-state index contributed by atoms with van der Waals surface area (Å²) in [5.41, 5.74) is 0.0235. The van der Waals surface area contributed by atoms with Crippen molar-refractivity contribution in [1.29, 1.82) is 0 Å². The highest BCUT2D eigenvalue weighted by atomic mass is 35.5. The van der Waals surface area contributed by atoms with Gasteiger partial charge >= 0.3 is 5.97 Å². The third-order valence-electron chi connectivity index (χ3n) is 4.02. The van der Waals surface area contributed by atoms with Gasteiger partial charge < -0.3 is 14.8 Å². The molecular formula is C18H17ClN6O6. The molecule has 0 saturated carbocycles. The van der Waals surface area contributed by atoms with Gasteiger partial charge in [0.1, 0.15) is 17.1 Å². The fourth-order valence-electron chi connectivity index (χ4n) is 2.53. The highest BCUT2D eigenvalue weighted by molar-refractivity contribution is 6.32. The second-order valence-electron chi connectivity index (χ2n) is 6.09. The maximum absolute atomic E-state index is 12.5. The van der Waals surface area contributed by atoms with Crippen LogP contribution in [0.4, 0.5) is 11.5 Å². The van der Waals surface area contributed by atoms with Crippen molar-refractivity contribution >= 4 is 35.0 Å². The molecule has 13 heteroatoms. The molecule has 12 nitrogen and oxygen atoms in total. The normalized spacial score (nSPS) is 10.5. The Bertz CT molecular complexity index is 1140. The summed E-state index contributed by atoms with van der Waals surface area (Å²) in [6.45, 7) is 1.76. The molecule has 1 amide bonds. The Labute approximate surface area is 180 Å². The van der Waals surface area contributed by atoms with Crippen LogP contribution in [0.3, 0.4) is 0 Å². The van der Waals surface area contributed by atoms with Gasteiger partial charge in [-0.1, -0.05) is 11.6 Å². The summed E-state index contributed by atoms with van der Waals surface area (Å²) in [5.74, 6) is -0.777. The third kappa shape index (κ3) is 4.98. The fourth-order valence-corrected chi connectivity index (χ4v) is 2.76. The van der Waals surface area contributed by atoms with Crippen molar-refractivity contribution in [1.82, 2.24) is 19.6 Å². The first kappa shape index (κ1) is 21.8. The number of hydrogen-bond acceptors (Lipinski definition) is 8. The number of aromatic nitrogens is 4. The average Bonchev–Trinajstić information content (AvgIpc) is 3.34. The van der Waals surface area contributed by atoms with E-state index in [9.17, 15) is 19.7 Å². The topological polar surface area (TPSA) is 143 Å². The summed E-state index contributed by atoms with van der Waals surface area (Å²) in [4.78, 5) is 34.7. The van der Waals surface area contributed by atoms with Crippen molar-refractivity contribution in [3.63, 3.8) is 0 Å². The number of carbonyl (C=O) groups is 2. The number of non-ortho nitro benzene ring substituents is 1. The van der Waals surface area contributed by atoms with Gasteiger partial charge in [0.25, 0.3) is 11.6 Å². The van der Waals surface area contributed by atoms with E-state index < -0.39 is 16.8 Å². The Balaban J connectivity index is 1.66. The molecule has 0 unspecified atom stereocenters. The van der Waals surface area contributed by atoms with Gasteiger partial charge in [-0.05, 0) is 19.1 Å². The summed E-state index contributed by atoms with van der Waals surface area (Å²) in [6.07, 6.45) is 2.80. The maximum atomic E-state index is 12.5. The first-order valence-electron chi connectivity index (χ1n) is 8.90. The molecule has 0 radical (unpaired) electrons. The van der Waals surface area contributed by atoms with E-state index in [0.29, 0.717) is 0 Å². The lowest BCUT2D eigenvalue weighted by Crippen LogP contribution is -2.18. The Morgan fingerprint density at radius 3 is 2.77 bits per heavy atom. The van der Waals surface area contributed by atoms with Crippen molar-refractivity contribution in [2.75, 3.05) is 11.9 Å². The molecule has 3 aromatic rings. The van der Waals surface area contributed by atoms with Crippen molar-refractivity contribution in [2.24, 2.45) is 7.05 Å². The molecule has 0 atom stereocenters. The van der Waals surface area contributed by atoms with Gasteiger partial charge in [-0.2, -0.15) is 10.2 Å². The molecule has 0 aliphatic rings. The van der Waals surface area contributed by atoms with Crippen LogP contribution in [-0.4, -0.2) is 43.0 Å². The molecule has 0 saturated heterocycles. The predicted octanol–water partition coefficient (Wildman–Crippen LogP) is 2.64. The number of ether oxygens (including phenoxy) is 2. The highest BCUT2D eigenvalue weighted by Gasteiger charge is 2.21. The van der Waals surface area contributed by atoms with Gasteiger partial charge in [0, 0.05) is 25.4 Å². The molecule has 0 spiro atoms. The molecule has 0 fully saturated rings. The quantitative estimate of drug-likeness (QED) is 0.314. The van der Waals surface area contributed by atoms with Crippen molar-refractivity contribution in [2.45, 2.75) is 13.7 Å². The van der Waals surface area contributed by atoms with Crippen LogP contribution in [0.25, 0.3) is 0 Å². The first-order chi connectivity index (χ1) is 14.8. The summed E-state index contributed by atoms with van der Waals surface area (Å²) in [5, 5.41) is 21.5. The van der Waals surface area contributed by atoms with Gasteiger partial charge in [-0.3, -0.25) is 19.6 Å². The second-order valence-corrected chi connectivity index (χ2v) is 6.50. The fraction of sp³-hybridized carbons (Fsp3) is 0.222. The summed E-state index contributed by atoms with van der Waals surface area (Å²) in [6, 6.07) is 5.26. The second kappa shape index (κ2) is 9.26. The molecule has 1 N–H and O–H groups in total. The molecular weight excluding hydrogens is 432 g/mol. The SMILES string of the molecule is CCOC(=O)c1cnn(C)c1NC(=O)c1ccn(COc2ccc([N+](=O)[O-])cc2Cl)n1. The van der Waals surface area contributed by atoms with Crippen LogP contribution in [0.2, 0.25) is 5.02 Å². The molecule has 162 valence electrons. The lowest BCUT2D eigenvalue weighted by molar-refractivity contribution is -0.384. The van der Waals surface area contributed by atoms with Crippen molar-refractivity contribution in [3.8, 4) is 5.75 Å². The molecule has 0 aliphatic carbocycles. The molecule has 0 aliphatic heterocycles. The maximum Gasteiger partial charge on any atom is 0.343 e. The van der Waals surface area contributed by atoms with E-state index in [4.69, 9.17) is 21.1 Å². The van der Waals surface area contributed by atoms with Crippen LogP contribution < -0.4 is 10.1 Å². The minimum Gasteiger partial charge on any atom is -0.470 e. The Morgan fingerprint density at radius 1 is 1.32 bits per heavy atom. The lowest BCUT2D eigenvalue weighted by atomic mass is 10.3. The third-order valence-corrected chi connectivity index (χ3v) is 4.31. The van der Waals surface area contributed by atoms with E-state index in [2.05, 4.69) is 15.5 Å². The van der Waals surface area contributed by atoms with Gasteiger partial charge in [-0.25, -0.2) is 9.48 Å². The number of carbonyl (C=O) groups excluding carboxylic acids is 2. The first-order valence-corrected chi connectivity index (χ1v) is 9.28. The molecule has 2 heterocycles. The number of nitro groups is 1. The zero-order valence-corrected chi connectivity index (χ0v) is 17.2. The van der Waals surface area contributed by atoms with Crippen LogP contribution >= 0.6 is 11.6 Å². The van der Waals surface area contributed by atoms with Gasteiger partial charge in [0.15, 0.2) is 12.4 Å². The number of esters is 1. The highest BCUT2D eigenvalue weighted by Crippen LogP contribution is 2.28. The number of rotatable bonds is 8. The van der Waals surface area contributed by atoms with Crippen molar-refractivity contribution in [3.05, 3.63) is 63.1 Å². The number of nitro benzene ring substituents is 1. The number of halogens is 1. The van der Waals surface area contributed by atoms with Crippen LogP contribution in [0.5, 0.6) is 5.75 Å². The molecule has 2 aromatic heterocycles. The van der Waals surface area contributed by atoms with Crippen LogP contribution in [0.15, 0.2) is 36.7 Å².